The molecular formula is C12H22Cl2NZr. The van der Waals surface area contributed by atoms with Gasteiger partial charge >= 0.3 is 103 Å². The summed E-state index contributed by atoms with van der Waals surface area (Å²) in [6.07, 6.45) is 4.49. The van der Waals surface area contributed by atoms with Crippen molar-refractivity contribution in [3.63, 3.8) is 0 Å². The van der Waals surface area contributed by atoms with Crippen LogP contribution in [0.25, 0.3) is 0 Å². The molecule has 0 fully saturated rings. The largest absolute Gasteiger partial charge is 0.147 e. The molecule has 1 aliphatic rings. The van der Waals surface area contributed by atoms with Crippen molar-refractivity contribution in [2.45, 2.75) is 44.8 Å². The smallest absolute Gasteiger partial charge is 0.147 e. The topological polar surface area (TPSA) is 12.4 Å². The van der Waals surface area contributed by atoms with E-state index in [0.717, 1.165) is 0 Å². The quantitative estimate of drug-likeness (QED) is 0.626. The molecule has 0 spiro atoms. The zero-order valence-electron chi connectivity index (χ0n) is 10.9. The molecule has 1 nitrogen and oxygen atoms in total. The van der Waals surface area contributed by atoms with Crippen LogP contribution in [0.3, 0.4) is 0 Å². The van der Waals surface area contributed by atoms with Gasteiger partial charge in [0.05, 0.1) is 0 Å². The van der Waals surface area contributed by atoms with Gasteiger partial charge in [0.25, 0.3) is 0 Å². The summed E-state index contributed by atoms with van der Waals surface area (Å²) in [7, 11) is 0. The molecule has 1 unspecified atom stereocenters. The van der Waals surface area contributed by atoms with E-state index in [1.165, 1.54) is 30.4 Å². The number of nitrogens with zero attached hydrogens (tertiary/aromatic N) is 1. The average Bonchev–Trinajstić information content (AvgIpc) is 2.29. The summed E-state index contributed by atoms with van der Waals surface area (Å²) in [6, 6.07) is 0. The van der Waals surface area contributed by atoms with Gasteiger partial charge in [-0.1, -0.05) is 0 Å². The Labute approximate surface area is 127 Å². The van der Waals surface area contributed by atoms with Gasteiger partial charge in [0, 0.05) is 0 Å². The van der Waals surface area contributed by atoms with E-state index < -0.39 is 0 Å². The van der Waals surface area contributed by atoms with Crippen LogP contribution in [-0.2, 0) is 24.7 Å². The van der Waals surface area contributed by atoms with E-state index in [4.69, 9.17) is 4.99 Å². The standard InChI is InChI=1S/C12H20N.2ClH.Zr/c1-11(2,3)9-7-8-10(13-9)12(4,5)6;;;/h7-8H,1-6H3;2*1H;. The molecule has 93 valence electrons. The summed E-state index contributed by atoms with van der Waals surface area (Å²) in [4.78, 5) is 4.91. The number of hydrogen-bond acceptors (Lipinski definition) is 1. The summed E-state index contributed by atoms with van der Waals surface area (Å²) < 4.78 is 0.0579. The maximum absolute atomic E-state index is 4.91. The average molecular weight is 342 g/mol. The van der Waals surface area contributed by atoms with Gasteiger partial charge < -0.3 is 0 Å². The molecule has 1 atom stereocenters. The third kappa shape index (κ3) is 3.96. The molecule has 0 saturated heterocycles. The first-order valence-corrected chi connectivity index (χ1v) is 6.34. The second-order valence-corrected chi connectivity index (χ2v) is 7.97. The van der Waals surface area contributed by atoms with Gasteiger partial charge in [-0.15, -0.1) is 24.8 Å². The molecular weight excluding hydrogens is 320 g/mol. The van der Waals surface area contributed by atoms with Crippen LogP contribution in [-0.4, -0.2) is 8.96 Å². The van der Waals surface area contributed by atoms with Crippen LogP contribution in [0.5, 0.6) is 0 Å². The van der Waals surface area contributed by atoms with Crippen molar-refractivity contribution in [2.24, 2.45) is 15.8 Å². The molecule has 0 bridgehead atoms. The molecule has 16 heavy (non-hydrogen) atoms. The first-order valence-electron chi connectivity index (χ1n) is 5.11. The maximum Gasteiger partial charge on any atom is -0.147 e. The Morgan fingerprint density at radius 3 is 1.69 bits per heavy atom. The Kier molecular flexibility index (Phi) is 6.82. The normalized spacial score (nSPS) is 24.4. The summed E-state index contributed by atoms with van der Waals surface area (Å²) in [5.74, 6) is 0. The van der Waals surface area contributed by atoms with E-state index >= 15 is 0 Å². The van der Waals surface area contributed by atoms with Crippen LogP contribution in [0.4, 0.5) is 0 Å². The molecule has 0 N–H and O–H groups in total. The third-order valence-electron chi connectivity index (χ3n) is 2.69. The van der Waals surface area contributed by atoms with Gasteiger partial charge in [-0.25, -0.2) is 0 Å². The summed E-state index contributed by atoms with van der Waals surface area (Å²) >= 11 is 1.48. The van der Waals surface area contributed by atoms with Gasteiger partial charge in [0.2, 0.25) is 0 Å². The fraction of sp³-hybridized carbons (Fsp3) is 0.750. The van der Waals surface area contributed by atoms with Gasteiger partial charge in [0.1, 0.15) is 0 Å². The Morgan fingerprint density at radius 1 is 1.06 bits per heavy atom. The van der Waals surface area contributed by atoms with E-state index in [2.05, 4.69) is 53.7 Å². The second kappa shape index (κ2) is 5.68. The van der Waals surface area contributed by atoms with Gasteiger partial charge in [0.15, 0.2) is 0 Å². The van der Waals surface area contributed by atoms with Crippen LogP contribution < -0.4 is 0 Å². The number of hydrogen-bond donors (Lipinski definition) is 0. The molecule has 0 saturated carbocycles. The molecule has 0 radical (unpaired) electrons. The molecule has 0 aromatic carbocycles. The van der Waals surface area contributed by atoms with Crippen molar-refractivity contribution in [1.29, 1.82) is 0 Å². The Hall–Kier alpha value is 0.873. The summed E-state index contributed by atoms with van der Waals surface area (Å²) in [5.41, 5.74) is 1.65. The molecule has 0 aromatic rings. The zero-order valence-corrected chi connectivity index (χ0v) is 15.0. The van der Waals surface area contributed by atoms with Gasteiger partial charge in [-0.3, -0.25) is 0 Å². The van der Waals surface area contributed by atoms with Crippen LogP contribution in [0.15, 0.2) is 17.1 Å². The molecule has 1 rings (SSSR count). The maximum atomic E-state index is 4.91. The Balaban J connectivity index is 0. The predicted octanol–water partition coefficient (Wildman–Crippen LogP) is 4.18. The molecule has 0 amide bonds. The van der Waals surface area contributed by atoms with Crippen LogP contribution in [0, 0.1) is 10.8 Å². The van der Waals surface area contributed by atoms with Crippen molar-refractivity contribution >= 4 is 30.5 Å². The number of allylic oxidation sites excluding steroid dienone is 1. The van der Waals surface area contributed by atoms with E-state index in [9.17, 15) is 0 Å². The monoisotopic (exact) mass is 340 g/mol. The zero-order chi connectivity index (χ0) is 11.2. The summed E-state index contributed by atoms with van der Waals surface area (Å²) in [6.45, 7) is 13.5. The molecule has 0 aromatic heterocycles. The van der Waals surface area contributed by atoms with E-state index in [1.807, 2.05) is 0 Å². The van der Waals surface area contributed by atoms with Crippen molar-refractivity contribution in [1.82, 2.24) is 0 Å². The third-order valence-corrected chi connectivity index (χ3v) is 5.22. The number of rotatable bonds is 0. The fourth-order valence-corrected chi connectivity index (χ4v) is 1.80. The van der Waals surface area contributed by atoms with Crippen LogP contribution in [0.1, 0.15) is 41.5 Å². The molecule has 1 heterocycles. The van der Waals surface area contributed by atoms with Crippen molar-refractivity contribution in [2.75, 3.05) is 0 Å². The SMILES string of the molecule is CC(C)(C)C1=N[C]([Zr])(C(C)(C)C)C=C1.Cl.Cl. The minimum atomic E-state index is 0. The Bertz CT molecular complexity index is 297. The minimum Gasteiger partial charge on any atom is -0.147 e. The van der Waals surface area contributed by atoms with Crippen molar-refractivity contribution < 1.29 is 24.7 Å². The van der Waals surface area contributed by atoms with Crippen molar-refractivity contribution in [3.05, 3.63) is 12.2 Å². The minimum absolute atomic E-state index is 0. The van der Waals surface area contributed by atoms with Crippen molar-refractivity contribution in [3.8, 4) is 0 Å². The van der Waals surface area contributed by atoms with E-state index in [0.29, 0.717) is 0 Å². The molecule has 1 aliphatic heterocycles. The van der Waals surface area contributed by atoms with E-state index in [-0.39, 0.29) is 38.9 Å². The van der Waals surface area contributed by atoms with Gasteiger partial charge in [-0.2, -0.15) is 0 Å². The number of aliphatic imine (C=N–C) groups is 1. The first kappa shape index (κ1) is 19.2. The Morgan fingerprint density at radius 2 is 1.50 bits per heavy atom. The second-order valence-electron chi connectivity index (χ2n) is 6.10. The fourth-order valence-electron chi connectivity index (χ4n) is 1.30. The van der Waals surface area contributed by atoms with Crippen LogP contribution >= 0.6 is 24.8 Å². The summed E-state index contributed by atoms with van der Waals surface area (Å²) in [5, 5.41) is 0. The molecule has 4 heteroatoms. The van der Waals surface area contributed by atoms with E-state index in [1.54, 1.807) is 0 Å². The van der Waals surface area contributed by atoms with Crippen LogP contribution in [0.2, 0.25) is 0 Å². The first-order chi connectivity index (χ1) is 6.06. The predicted molar refractivity (Wildman–Crippen MR) is 72.7 cm³/mol. The van der Waals surface area contributed by atoms with Gasteiger partial charge in [-0.05, 0) is 0 Å². The molecule has 0 aliphatic carbocycles. The number of halogens is 2.